The summed E-state index contributed by atoms with van der Waals surface area (Å²) in [6.07, 6.45) is 4.19. The maximum atomic E-state index is 11.9. The maximum absolute atomic E-state index is 11.9. The van der Waals surface area contributed by atoms with Gasteiger partial charge in [-0.1, -0.05) is 30.3 Å². The minimum atomic E-state index is 0.0443. The lowest BCUT2D eigenvalue weighted by Gasteiger charge is -2.26. The van der Waals surface area contributed by atoms with Crippen molar-refractivity contribution in [1.29, 1.82) is 0 Å². The molecule has 0 atom stereocenters. The van der Waals surface area contributed by atoms with Gasteiger partial charge in [0.25, 0.3) is 0 Å². The van der Waals surface area contributed by atoms with Crippen molar-refractivity contribution in [3.63, 3.8) is 0 Å². The van der Waals surface area contributed by atoms with Gasteiger partial charge in [0.05, 0.1) is 24.7 Å². The number of nitrogens with zero attached hydrogens (tertiary/aromatic N) is 3. The van der Waals surface area contributed by atoms with E-state index < -0.39 is 0 Å². The number of hydrogen-bond donors (Lipinski definition) is 1. The van der Waals surface area contributed by atoms with Gasteiger partial charge in [0.2, 0.25) is 12.7 Å². The Morgan fingerprint density at radius 2 is 1.83 bits per heavy atom. The number of hydrogen-bond acceptors (Lipinski definition) is 6. The Labute approximate surface area is 208 Å². The third-order valence-electron chi connectivity index (χ3n) is 6.38. The van der Waals surface area contributed by atoms with Crippen molar-refractivity contribution in [1.82, 2.24) is 20.0 Å². The molecule has 1 fully saturated rings. The smallest absolute Gasteiger partial charge is 0.234 e. The second-order valence-electron chi connectivity index (χ2n) is 8.84. The van der Waals surface area contributed by atoms with E-state index in [1.165, 1.54) is 5.56 Å². The molecule has 0 saturated carbocycles. The zero-order valence-corrected chi connectivity index (χ0v) is 19.7. The molecule has 8 nitrogen and oxygen atoms in total. The van der Waals surface area contributed by atoms with Crippen LogP contribution in [0.5, 0.6) is 0 Å². The molecule has 1 N–H and O–H groups in total. The molecule has 0 aliphatic carbocycles. The van der Waals surface area contributed by atoms with Gasteiger partial charge in [-0.3, -0.25) is 9.69 Å². The number of furan rings is 1. The van der Waals surface area contributed by atoms with Crippen LogP contribution in [0.2, 0.25) is 0 Å². The Kier molecular flexibility index (Phi) is 6.01. The fourth-order valence-electron chi connectivity index (χ4n) is 4.65. The van der Waals surface area contributed by atoms with Crippen LogP contribution in [0.1, 0.15) is 16.7 Å². The van der Waals surface area contributed by atoms with Gasteiger partial charge < -0.3 is 19.2 Å². The molecule has 2 aromatic carbocycles. The van der Waals surface area contributed by atoms with E-state index in [4.69, 9.17) is 13.9 Å². The van der Waals surface area contributed by atoms with Crippen LogP contribution in [0.25, 0.3) is 22.9 Å². The van der Waals surface area contributed by atoms with E-state index in [-0.39, 0.29) is 12.7 Å². The average molecular weight is 483 g/mol. The highest BCUT2D eigenvalue weighted by Gasteiger charge is 2.23. The van der Waals surface area contributed by atoms with Crippen LogP contribution < -0.4 is 5.32 Å². The number of allylic oxidation sites excluding steroid dienone is 1. The fraction of sp³-hybridized carbons (Fsp3) is 0.214. The lowest BCUT2D eigenvalue weighted by molar-refractivity contribution is -0.124. The molecule has 8 heteroatoms. The van der Waals surface area contributed by atoms with Gasteiger partial charge in [-0.2, -0.15) is 5.10 Å². The molecule has 0 bridgehead atoms. The van der Waals surface area contributed by atoms with E-state index >= 15 is 0 Å². The van der Waals surface area contributed by atoms with Gasteiger partial charge in [0.1, 0.15) is 11.5 Å². The summed E-state index contributed by atoms with van der Waals surface area (Å²) in [6, 6.07) is 22.1. The zero-order valence-electron chi connectivity index (χ0n) is 19.7. The second-order valence-corrected chi connectivity index (χ2v) is 8.84. The third-order valence-corrected chi connectivity index (χ3v) is 6.38. The Bertz CT molecular complexity index is 1370. The summed E-state index contributed by atoms with van der Waals surface area (Å²) in [5.74, 6) is 2.37. The molecule has 1 amide bonds. The molecule has 182 valence electrons. The van der Waals surface area contributed by atoms with Gasteiger partial charge in [-0.05, 0) is 42.0 Å². The number of aromatic nitrogens is 2. The van der Waals surface area contributed by atoms with E-state index in [1.807, 2.05) is 65.5 Å². The Morgan fingerprint density at radius 1 is 0.972 bits per heavy atom. The summed E-state index contributed by atoms with van der Waals surface area (Å²) < 4.78 is 19.3. The molecule has 0 unspecified atom stereocenters. The highest BCUT2D eigenvalue weighted by molar-refractivity contribution is 5.78. The van der Waals surface area contributed by atoms with Crippen LogP contribution >= 0.6 is 0 Å². The predicted molar refractivity (Wildman–Crippen MR) is 134 cm³/mol. The van der Waals surface area contributed by atoms with Crippen molar-refractivity contribution in [3.05, 3.63) is 102 Å². The normalized spacial score (nSPS) is 16.1. The number of rotatable bonds is 7. The topological polar surface area (TPSA) is 81.8 Å². The van der Waals surface area contributed by atoms with Gasteiger partial charge >= 0.3 is 0 Å². The molecule has 2 aliphatic rings. The molecule has 2 aliphatic heterocycles. The van der Waals surface area contributed by atoms with E-state index in [0.717, 1.165) is 46.3 Å². The highest BCUT2D eigenvalue weighted by Crippen LogP contribution is 2.32. The first-order chi connectivity index (χ1) is 17.7. The highest BCUT2D eigenvalue weighted by atomic mass is 16.7. The first-order valence-corrected chi connectivity index (χ1v) is 12.0. The van der Waals surface area contributed by atoms with Crippen molar-refractivity contribution < 1.29 is 18.7 Å². The van der Waals surface area contributed by atoms with Gasteiger partial charge in [-0.25, -0.2) is 4.68 Å². The fourth-order valence-corrected chi connectivity index (χ4v) is 4.65. The van der Waals surface area contributed by atoms with Crippen LogP contribution in [-0.2, 0) is 27.2 Å². The summed E-state index contributed by atoms with van der Waals surface area (Å²) in [4.78, 5) is 14.0. The summed E-state index contributed by atoms with van der Waals surface area (Å²) in [5, 5.41) is 7.56. The summed E-state index contributed by atoms with van der Waals surface area (Å²) in [7, 11) is 0. The first-order valence-electron chi connectivity index (χ1n) is 12.0. The van der Waals surface area contributed by atoms with Crippen LogP contribution in [0.3, 0.4) is 0 Å². The van der Waals surface area contributed by atoms with Crippen LogP contribution in [-0.4, -0.2) is 47.0 Å². The summed E-state index contributed by atoms with van der Waals surface area (Å²) in [5.41, 5.74) is 4.91. The largest absolute Gasteiger partial charge is 0.463 e. The molecular formula is C28H26N4O4. The Hall–Kier alpha value is -4.30. The van der Waals surface area contributed by atoms with Crippen molar-refractivity contribution >= 4 is 11.7 Å². The number of carbonyl (C=O) groups is 1. The van der Waals surface area contributed by atoms with Crippen LogP contribution in [0.4, 0.5) is 0 Å². The Morgan fingerprint density at radius 3 is 2.61 bits per heavy atom. The molecule has 4 heterocycles. The molecule has 1 saturated heterocycles. The standard InChI is InChI=1S/C28H26N4O4/c33-26-18-31(13-12-29-26)17-22-16-30-32(27(22)24-7-4-14-34-24)23-10-8-21(9-11-23)28-25(35-19-36-28)15-20-5-2-1-3-6-20/h1-11,14,16H,12-13,15,17-19H2,(H,29,33). The molecule has 0 spiro atoms. The number of nitrogens with one attached hydrogen (secondary N) is 1. The third kappa shape index (κ3) is 4.50. The van der Waals surface area contributed by atoms with Gasteiger partial charge in [0.15, 0.2) is 11.5 Å². The molecule has 2 aromatic heterocycles. The first kappa shape index (κ1) is 22.2. The monoisotopic (exact) mass is 482 g/mol. The SMILES string of the molecule is O=C1CN(Cc2cnn(-c3ccc(C4=C(Cc5ccccc5)OCO4)cc3)c2-c2ccco2)CCN1. The van der Waals surface area contributed by atoms with Crippen LogP contribution in [0, 0.1) is 0 Å². The zero-order chi connectivity index (χ0) is 24.3. The minimum absolute atomic E-state index is 0.0443. The lowest BCUT2D eigenvalue weighted by Crippen LogP contribution is -2.47. The van der Waals surface area contributed by atoms with E-state index in [1.54, 1.807) is 6.26 Å². The summed E-state index contributed by atoms with van der Waals surface area (Å²) >= 11 is 0. The number of piperazine rings is 1. The average Bonchev–Trinajstić information content (AvgIpc) is 3.66. The molecule has 6 rings (SSSR count). The number of carbonyl (C=O) groups excluding carboxylic acids is 1. The molecule has 0 radical (unpaired) electrons. The van der Waals surface area contributed by atoms with Crippen molar-refractivity contribution in [2.75, 3.05) is 26.4 Å². The maximum Gasteiger partial charge on any atom is 0.234 e. The molecule has 36 heavy (non-hydrogen) atoms. The number of benzene rings is 2. The van der Waals surface area contributed by atoms with Crippen molar-refractivity contribution in [2.45, 2.75) is 13.0 Å². The number of ether oxygens (including phenoxy) is 2. The van der Waals surface area contributed by atoms with E-state index in [0.29, 0.717) is 26.1 Å². The van der Waals surface area contributed by atoms with E-state index in [9.17, 15) is 4.79 Å². The van der Waals surface area contributed by atoms with Crippen molar-refractivity contribution in [2.24, 2.45) is 0 Å². The summed E-state index contributed by atoms with van der Waals surface area (Å²) in [6.45, 7) is 2.66. The van der Waals surface area contributed by atoms with Gasteiger partial charge in [0, 0.05) is 37.2 Å². The predicted octanol–water partition coefficient (Wildman–Crippen LogP) is 3.98. The van der Waals surface area contributed by atoms with E-state index in [2.05, 4.69) is 27.4 Å². The molecule has 4 aromatic rings. The Balaban J connectivity index is 1.29. The van der Waals surface area contributed by atoms with Gasteiger partial charge in [-0.15, -0.1) is 0 Å². The lowest BCUT2D eigenvalue weighted by atomic mass is 10.1. The molecular weight excluding hydrogens is 456 g/mol. The quantitative estimate of drug-likeness (QED) is 0.429. The number of amides is 1. The second kappa shape index (κ2) is 9.75. The van der Waals surface area contributed by atoms with Crippen LogP contribution in [0.15, 0.2) is 89.4 Å². The van der Waals surface area contributed by atoms with Crippen molar-refractivity contribution in [3.8, 4) is 17.1 Å². The minimum Gasteiger partial charge on any atom is -0.463 e.